The van der Waals surface area contributed by atoms with Gasteiger partial charge in [-0.25, -0.2) is 0 Å². The van der Waals surface area contributed by atoms with Crippen LogP contribution in [0.1, 0.15) is 38.5 Å². The van der Waals surface area contributed by atoms with E-state index in [-0.39, 0.29) is 11.6 Å². The molecule has 4 heteroatoms. The van der Waals surface area contributed by atoms with Crippen LogP contribution in [0.3, 0.4) is 0 Å². The highest BCUT2D eigenvalue weighted by atomic mass is 16.7. The summed E-state index contributed by atoms with van der Waals surface area (Å²) in [6, 6.07) is 0. The summed E-state index contributed by atoms with van der Waals surface area (Å²) in [4.78, 5) is 0. The molecule has 0 bridgehead atoms. The largest absolute Gasteiger partial charge is 0.350 e. The van der Waals surface area contributed by atoms with Crippen molar-refractivity contribution in [3.05, 3.63) is 0 Å². The van der Waals surface area contributed by atoms with Crippen molar-refractivity contribution in [2.24, 2.45) is 11.8 Å². The second kappa shape index (κ2) is 4.17. The van der Waals surface area contributed by atoms with Gasteiger partial charge in [0.25, 0.3) is 0 Å². The molecule has 0 amide bonds. The van der Waals surface area contributed by atoms with Crippen molar-refractivity contribution in [2.75, 3.05) is 26.4 Å². The quantitative estimate of drug-likeness (QED) is 0.663. The van der Waals surface area contributed by atoms with Gasteiger partial charge in [-0.05, 0) is 24.7 Å². The Bertz CT molecular complexity index is 270. The Hall–Kier alpha value is -0.160. The molecular formula is C14H22O4. The summed E-state index contributed by atoms with van der Waals surface area (Å²) in [5, 5.41) is 0. The van der Waals surface area contributed by atoms with E-state index < -0.39 is 0 Å². The number of rotatable bonds is 0. The Balaban J connectivity index is 1.45. The van der Waals surface area contributed by atoms with Gasteiger partial charge in [-0.15, -0.1) is 0 Å². The van der Waals surface area contributed by atoms with Crippen LogP contribution in [0.15, 0.2) is 0 Å². The smallest absolute Gasteiger partial charge is 0.168 e. The van der Waals surface area contributed by atoms with Gasteiger partial charge in [-0.1, -0.05) is 0 Å². The van der Waals surface area contributed by atoms with Crippen LogP contribution < -0.4 is 0 Å². The molecule has 2 aliphatic heterocycles. The fourth-order valence-electron chi connectivity index (χ4n) is 4.28. The van der Waals surface area contributed by atoms with Gasteiger partial charge in [0.2, 0.25) is 0 Å². The van der Waals surface area contributed by atoms with Crippen LogP contribution in [-0.2, 0) is 18.9 Å². The molecule has 102 valence electrons. The summed E-state index contributed by atoms with van der Waals surface area (Å²) in [6.07, 6.45) is 6.21. The Morgan fingerprint density at radius 2 is 0.889 bits per heavy atom. The fraction of sp³-hybridized carbons (Fsp3) is 1.00. The summed E-state index contributed by atoms with van der Waals surface area (Å²) in [7, 11) is 0. The van der Waals surface area contributed by atoms with Gasteiger partial charge >= 0.3 is 0 Å². The third-order valence-electron chi connectivity index (χ3n) is 5.00. The Kier molecular flexibility index (Phi) is 2.70. The minimum Gasteiger partial charge on any atom is -0.350 e. The van der Waals surface area contributed by atoms with E-state index in [1.165, 1.54) is 0 Å². The van der Waals surface area contributed by atoms with Crippen molar-refractivity contribution in [1.82, 2.24) is 0 Å². The van der Waals surface area contributed by atoms with E-state index in [1.54, 1.807) is 0 Å². The van der Waals surface area contributed by atoms with E-state index in [4.69, 9.17) is 18.9 Å². The van der Waals surface area contributed by atoms with E-state index in [0.717, 1.165) is 65.0 Å². The number of hydrogen-bond donors (Lipinski definition) is 0. The van der Waals surface area contributed by atoms with Gasteiger partial charge in [-0.2, -0.15) is 0 Å². The van der Waals surface area contributed by atoms with Crippen LogP contribution in [0.4, 0.5) is 0 Å². The van der Waals surface area contributed by atoms with Crippen molar-refractivity contribution >= 4 is 0 Å². The van der Waals surface area contributed by atoms with Gasteiger partial charge in [0.15, 0.2) is 11.6 Å². The number of fused-ring (bicyclic) bond motifs is 1. The molecule has 2 aliphatic carbocycles. The summed E-state index contributed by atoms with van der Waals surface area (Å²) >= 11 is 0. The van der Waals surface area contributed by atoms with Gasteiger partial charge in [-0.3, -0.25) is 0 Å². The maximum Gasteiger partial charge on any atom is 0.168 e. The molecule has 0 atom stereocenters. The lowest BCUT2D eigenvalue weighted by Gasteiger charge is -2.38. The molecule has 4 nitrogen and oxygen atoms in total. The number of hydrogen-bond acceptors (Lipinski definition) is 4. The van der Waals surface area contributed by atoms with Crippen molar-refractivity contribution in [3.63, 3.8) is 0 Å². The third-order valence-corrected chi connectivity index (χ3v) is 5.00. The van der Waals surface area contributed by atoms with E-state index >= 15 is 0 Å². The highest BCUT2D eigenvalue weighted by Crippen LogP contribution is 2.56. The standard InChI is InChI=1S/C14H22O4/c1-3-15-13(16-4-1)7-11-9-14(10-12(11)8-13)17-5-2-6-18-14/h11-12H,1-10H2. The predicted molar refractivity (Wildman–Crippen MR) is 64.0 cm³/mol. The molecule has 2 saturated carbocycles. The van der Waals surface area contributed by atoms with Crippen LogP contribution in [0.2, 0.25) is 0 Å². The zero-order chi connectivity index (χ0) is 12.1. The summed E-state index contributed by atoms with van der Waals surface area (Å²) in [6.45, 7) is 3.43. The lowest BCUT2D eigenvalue weighted by atomic mass is 10.0. The summed E-state index contributed by atoms with van der Waals surface area (Å²) in [5.74, 6) is 0.788. The second-order valence-corrected chi connectivity index (χ2v) is 6.26. The topological polar surface area (TPSA) is 36.9 Å². The van der Waals surface area contributed by atoms with Crippen LogP contribution in [0, 0.1) is 11.8 Å². The first-order valence-corrected chi connectivity index (χ1v) is 7.35. The fourth-order valence-corrected chi connectivity index (χ4v) is 4.28. The molecule has 18 heavy (non-hydrogen) atoms. The second-order valence-electron chi connectivity index (χ2n) is 6.26. The third kappa shape index (κ3) is 1.82. The van der Waals surface area contributed by atoms with E-state index in [9.17, 15) is 0 Å². The first kappa shape index (κ1) is 11.6. The van der Waals surface area contributed by atoms with Crippen LogP contribution in [-0.4, -0.2) is 38.0 Å². The first-order chi connectivity index (χ1) is 8.79. The lowest BCUT2D eigenvalue weighted by Crippen LogP contribution is -2.42. The zero-order valence-corrected chi connectivity index (χ0v) is 10.9. The van der Waals surface area contributed by atoms with E-state index in [0.29, 0.717) is 11.8 Å². The molecule has 0 aromatic carbocycles. The predicted octanol–water partition coefficient (Wildman–Crippen LogP) is 2.07. The molecule has 4 rings (SSSR count). The molecule has 2 saturated heterocycles. The normalized spacial score (nSPS) is 41.3. The van der Waals surface area contributed by atoms with E-state index in [2.05, 4.69) is 0 Å². The maximum atomic E-state index is 5.93. The van der Waals surface area contributed by atoms with Crippen molar-refractivity contribution < 1.29 is 18.9 Å². The van der Waals surface area contributed by atoms with Gasteiger partial charge in [0.05, 0.1) is 26.4 Å². The molecule has 0 N–H and O–H groups in total. The minimum atomic E-state index is -0.260. The first-order valence-electron chi connectivity index (χ1n) is 7.35. The molecule has 0 unspecified atom stereocenters. The van der Waals surface area contributed by atoms with Crippen molar-refractivity contribution in [3.8, 4) is 0 Å². The summed E-state index contributed by atoms with van der Waals surface area (Å²) < 4.78 is 23.7. The lowest BCUT2D eigenvalue weighted by molar-refractivity contribution is -0.284. The van der Waals surface area contributed by atoms with Crippen molar-refractivity contribution in [1.29, 1.82) is 0 Å². The van der Waals surface area contributed by atoms with Crippen LogP contribution in [0.5, 0.6) is 0 Å². The van der Waals surface area contributed by atoms with Crippen molar-refractivity contribution in [2.45, 2.75) is 50.1 Å². The maximum absolute atomic E-state index is 5.93. The van der Waals surface area contributed by atoms with Gasteiger partial charge in [0.1, 0.15) is 0 Å². The van der Waals surface area contributed by atoms with E-state index in [1.807, 2.05) is 0 Å². The van der Waals surface area contributed by atoms with Gasteiger partial charge < -0.3 is 18.9 Å². The number of ether oxygens (including phenoxy) is 4. The van der Waals surface area contributed by atoms with Gasteiger partial charge in [0, 0.05) is 25.7 Å². The minimum absolute atomic E-state index is 0.260. The van der Waals surface area contributed by atoms with Crippen LogP contribution >= 0.6 is 0 Å². The molecule has 4 aliphatic rings. The van der Waals surface area contributed by atoms with Crippen LogP contribution in [0.25, 0.3) is 0 Å². The average Bonchev–Trinajstić information content (AvgIpc) is 2.83. The SMILES string of the molecule is C1COC2(CC3CC4(CC3C2)OCCCO4)OC1. The Morgan fingerprint density at radius 1 is 0.556 bits per heavy atom. The molecule has 2 heterocycles. The highest BCUT2D eigenvalue weighted by molar-refractivity contribution is 5.01. The molecule has 4 fully saturated rings. The average molecular weight is 254 g/mol. The molecule has 0 aromatic rings. The summed E-state index contributed by atoms with van der Waals surface area (Å²) in [5.41, 5.74) is 0. The monoisotopic (exact) mass is 254 g/mol. The Labute approximate surface area is 108 Å². The Morgan fingerprint density at radius 3 is 1.22 bits per heavy atom. The molecular weight excluding hydrogens is 232 g/mol. The zero-order valence-electron chi connectivity index (χ0n) is 10.9. The molecule has 2 spiro atoms. The molecule has 0 aromatic heterocycles. The highest BCUT2D eigenvalue weighted by Gasteiger charge is 2.57. The molecule has 0 radical (unpaired) electrons.